The van der Waals surface area contributed by atoms with E-state index in [1.54, 1.807) is 24.3 Å². The summed E-state index contributed by atoms with van der Waals surface area (Å²) >= 11 is 0. The number of benzene rings is 2. The number of carbonyl (C=O) groups excluding carboxylic acids is 2. The molecule has 0 bridgehead atoms. The van der Waals surface area contributed by atoms with Crippen molar-refractivity contribution in [3.05, 3.63) is 81.6 Å². The molecule has 2 N–H and O–H groups in total. The maximum atomic E-state index is 12.7. The van der Waals surface area contributed by atoms with Crippen molar-refractivity contribution in [2.75, 3.05) is 7.11 Å². The smallest absolute Gasteiger partial charge is 0.273 e. The van der Waals surface area contributed by atoms with E-state index in [0.29, 0.717) is 22.6 Å². The lowest BCUT2D eigenvalue weighted by atomic mass is 10.0. The lowest BCUT2D eigenvalue weighted by Crippen LogP contribution is -2.48. The van der Waals surface area contributed by atoms with Gasteiger partial charge in [0.1, 0.15) is 23.3 Å². The fourth-order valence-electron chi connectivity index (χ4n) is 3.26. The minimum absolute atomic E-state index is 0.101. The molecule has 182 valence electrons. The van der Waals surface area contributed by atoms with Crippen LogP contribution in [0, 0.1) is 23.0 Å². The van der Waals surface area contributed by atoms with Gasteiger partial charge in [0, 0.05) is 11.6 Å². The number of nitro benzene ring substituents is 1. The molecule has 0 aliphatic carbocycles. The number of nitrogens with zero attached hydrogens (tertiary/aromatic N) is 2. The Labute approximate surface area is 202 Å². The van der Waals surface area contributed by atoms with Crippen molar-refractivity contribution in [2.24, 2.45) is 11.0 Å². The molecular formula is C25H26N4O6. The van der Waals surface area contributed by atoms with Crippen molar-refractivity contribution in [1.82, 2.24) is 10.7 Å². The van der Waals surface area contributed by atoms with Gasteiger partial charge in [-0.25, -0.2) is 5.43 Å². The van der Waals surface area contributed by atoms with Gasteiger partial charge in [0.15, 0.2) is 0 Å². The first-order valence-electron chi connectivity index (χ1n) is 10.8. The summed E-state index contributed by atoms with van der Waals surface area (Å²) in [7, 11) is 1.41. The first-order chi connectivity index (χ1) is 16.7. The predicted octanol–water partition coefficient (Wildman–Crippen LogP) is 4.08. The van der Waals surface area contributed by atoms with Crippen LogP contribution in [0.3, 0.4) is 0 Å². The number of nitrogens with one attached hydrogen (secondary N) is 2. The van der Waals surface area contributed by atoms with Crippen molar-refractivity contribution in [3.63, 3.8) is 0 Å². The van der Waals surface area contributed by atoms with Crippen LogP contribution in [-0.4, -0.2) is 36.1 Å². The molecule has 10 nitrogen and oxygen atoms in total. The number of aryl methyl sites for hydroxylation is 1. The average molecular weight is 479 g/mol. The second kappa shape index (κ2) is 11.1. The molecule has 1 unspecified atom stereocenters. The number of methoxy groups -OCH3 is 1. The molecule has 0 spiro atoms. The zero-order valence-corrected chi connectivity index (χ0v) is 19.8. The van der Waals surface area contributed by atoms with Crippen molar-refractivity contribution in [1.29, 1.82) is 0 Å². The fraction of sp³-hybridized carbons (Fsp3) is 0.240. The van der Waals surface area contributed by atoms with Gasteiger partial charge in [-0.15, -0.1) is 0 Å². The van der Waals surface area contributed by atoms with Crippen LogP contribution in [0.15, 0.2) is 64.1 Å². The van der Waals surface area contributed by atoms with Gasteiger partial charge in [-0.2, -0.15) is 5.10 Å². The molecular weight excluding hydrogens is 452 g/mol. The number of non-ortho nitro benzene ring substituents is 1. The summed E-state index contributed by atoms with van der Waals surface area (Å²) in [5.74, 6) is 0.0374. The SMILES string of the molecule is COc1cc([N+](=O)[O-])ccc1-c1ccc(C=NNC(=O)C(NC(=O)c2ccc(C)cc2)C(C)C)o1. The van der Waals surface area contributed by atoms with Crippen molar-refractivity contribution < 1.29 is 23.7 Å². The van der Waals surface area contributed by atoms with E-state index >= 15 is 0 Å². The van der Waals surface area contributed by atoms with Crippen LogP contribution in [0.1, 0.15) is 35.5 Å². The Morgan fingerprint density at radius 1 is 1.11 bits per heavy atom. The molecule has 0 aliphatic heterocycles. The molecule has 0 aliphatic rings. The number of carbonyl (C=O) groups is 2. The molecule has 2 aromatic carbocycles. The largest absolute Gasteiger partial charge is 0.496 e. The first kappa shape index (κ1) is 25.2. The Balaban J connectivity index is 1.66. The Morgan fingerprint density at radius 2 is 1.83 bits per heavy atom. The number of nitro groups is 1. The standard InChI is InChI=1S/C25H26N4O6/c1-15(2)23(27-24(30)17-7-5-16(3)6-8-17)25(31)28-26-14-19-10-12-21(35-19)20-11-9-18(29(32)33)13-22(20)34-4/h5-15,23H,1-4H3,(H,27,30)(H,28,31). The van der Waals surface area contributed by atoms with E-state index in [9.17, 15) is 19.7 Å². The molecule has 0 saturated heterocycles. The van der Waals surface area contributed by atoms with Crippen LogP contribution in [0.2, 0.25) is 0 Å². The quantitative estimate of drug-likeness (QED) is 0.270. The summed E-state index contributed by atoms with van der Waals surface area (Å²) < 4.78 is 11.0. The van der Waals surface area contributed by atoms with Gasteiger partial charge in [-0.05, 0) is 43.2 Å². The summed E-state index contributed by atoms with van der Waals surface area (Å²) in [6, 6.07) is 13.7. The van der Waals surface area contributed by atoms with E-state index < -0.39 is 16.9 Å². The van der Waals surface area contributed by atoms with Gasteiger partial charge in [-0.1, -0.05) is 31.5 Å². The van der Waals surface area contributed by atoms with Gasteiger partial charge < -0.3 is 14.5 Å². The van der Waals surface area contributed by atoms with Gasteiger partial charge >= 0.3 is 0 Å². The second-order valence-corrected chi connectivity index (χ2v) is 8.14. The predicted molar refractivity (Wildman–Crippen MR) is 130 cm³/mol. The van der Waals surface area contributed by atoms with Crippen molar-refractivity contribution in [2.45, 2.75) is 26.8 Å². The molecule has 3 rings (SSSR count). The molecule has 1 aromatic heterocycles. The monoisotopic (exact) mass is 478 g/mol. The third-order valence-electron chi connectivity index (χ3n) is 5.20. The maximum Gasteiger partial charge on any atom is 0.273 e. The molecule has 3 aromatic rings. The third kappa shape index (κ3) is 6.32. The van der Waals surface area contributed by atoms with E-state index in [1.807, 2.05) is 32.9 Å². The Morgan fingerprint density at radius 3 is 2.46 bits per heavy atom. The van der Waals surface area contributed by atoms with Crippen molar-refractivity contribution in [3.8, 4) is 17.1 Å². The van der Waals surface area contributed by atoms with E-state index in [4.69, 9.17) is 9.15 Å². The topological polar surface area (TPSA) is 136 Å². The van der Waals surface area contributed by atoms with Gasteiger partial charge in [0.2, 0.25) is 0 Å². The van der Waals surface area contributed by atoms with Crippen LogP contribution < -0.4 is 15.5 Å². The molecule has 0 radical (unpaired) electrons. The molecule has 10 heteroatoms. The average Bonchev–Trinajstić information content (AvgIpc) is 3.30. The summed E-state index contributed by atoms with van der Waals surface area (Å²) in [5, 5.41) is 17.7. The highest BCUT2D eigenvalue weighted by Gasteiger charge is 2.24. The van der Waals surface area contributed by atoms with Gasteiger partial charge in [-0.3, -0.25) is 19.7 Å². The highest BCUT2D eigenvalue weighted by atomic mass is 16.6. The van der Waals surface area contributed by atoms with E-state index in [0.717, 1.165) is 5.56 Å². The van der Waals surface area contributed by atoms with Gasteiger partial charge in [0.25, 0.3) is 17.5 Å². The van der Waals surface area contributed by atoms with Crippen molar-refractivity contribution >= 4 is 23.7 Å². The number of hydrogen-bond donors (Lipinski definition) is 2. The molecule has 1 atom stereocenters. The van der Waals surface area contributed by atoms with Crippen LogP contribution in [0.5, 0.6) is 5.75 Å². The molecule has 0 saturated carbocycles. The summed E-state index contributed by atoms with van der Waals surface area (Å²) in [6.07, 6.45) is 1.32. The van der Waals surface area contributed by atoms with E-state index in [2.05, 4.69) is 15.8 Å². The lowest BCUT2D eigenvalue weighted by Gasteiger charge is -2.20. The Bertz CT molecular complexity index is 1250. The molecule has 2 amide bonds. The zero-order chi connectivity index (χ0) is 25.5. The molecule has 1 heterocycles. The number of furan rings is 1. The summed E-state index contributed by atoms with van der Waals surface area (Å²) in [6.45, 7) is 5.56. The first-order valence-corrected chi connectivity index (χ1v) is 10.8. The third-order valence-corrected chi connectivity index (χ3v) is 5.20. The number of hydrazone groups is 1. The highest BCUT2D eigenvalue weighted by Crippen LogP contribution is 2.34. The fourth-order valence-corrected chi connectivity index (χ4v) is 3.26. The summed E-state index contributed by atoms with van der Waals surface area (Å²) in [5.41, 5.74) is 4.34. The zero-order valence-electron chi connectivity index (χ0n) is 19.8. The van der Waals surface area contributed by atoms with E-state index in [-0.39, 0.29) is 23.3 Å². The molecule has 35 heavy (non-hydrogen) atoms. The van der Waals surface area contributed by atoms with Crippen LogP contribution in [0.4, 0.5) is 5.69 Å². The summed E-state index contributed by atoms with van der Waals surface area (Å²) in [4.78, 5) is 35.6. The number of ether oxygens (including phenoxy) is 1. The Hall–Kier alpha value is -4.47. The minimum atomic E-state index is -0.794. The molecule has 0 fully saturated rings. The van der Waals surface area contributed by atoms with E-state index in [1.165, 1.54) is 31.5 Å². The van der Waals surface area contributed by atoms with Crippen LogP contribution in [0.25, 0.3) is 11.3 Å². The normalized spacial score (nSPS) is 11.9. The highest BCUT2D eigenvalue weighted by molar-refractivity contribution is 5.97. The second-order valence-electron chi connectivity index (χ2n) is 8.14. The number of amides is 2. The maximum absolute atomic E-state index is 12.7. The number of rotatable bonds is 9. The minimum Gasteiger partial charge on any atom is -0.496 e. The van der Waals surface area contributed by atoms with Crippen LogP contribution >= 0.6 is 0 Å². The van der Waals surface area contributed by atoms with Crippen LogP contribution in [-0.2, 0) is 4.79 Å². The Kier molecular flexibility index (Phi) is 7.98. The van der Waals surface area contributed by atoms with Gasteiger partial charge in [0.05, 0.1) is 29.9 Å². The lowest BCUT2D eigenvalue weighted by molar-refractivity contribution is -0.384. The number of hydrogen-bond acceptors (Lipinski definition) is 7.